The minimum absolute atomic E-state index is 0.106. The Morgan fingerprint density at radius 2 is 1.58 bits per heavy atom. The second-order valence-electron chi connectivity index (χ2n) is 13.7. The summed E-state index contributed by atoms with van der Waals surface area (Å²) < 4.78 is 13.4. The molecule has 256 valence electrons. The third kappa shape index (κ3) is 5.02. The molecule has 4 amide bonds. The van der Waals surface area contributed by atoms with Crippen LogP contribution in [0.3, 0.4) is 0 Å². The normalized spacial score (nSPS) is 20.0. The minimum Gasteiger partial charge on any atom is -0.496 e. The average Bonchev–Trinajstić information content (AvgIpc) is 3.57. The van der Waals surface area contributed by atoms with E-state index in [2.05, 4.69) is 20.1 Å². The van der Waals surface area contributed by atoms with E-state index in [1.807, 2.05) is 30.5 Å². The molecule has 8 rings (SSSR count). The van der Waals surface area contributed by atoms with Gasteiger partial charge in [0, 0.05) is 61.9 Å². The molecule has 0 bridgehead atoms. The van der Waals surface area contributed by atoms with Crippen molar-refractivity contribution in [1.29, 1.82) is 0 Å². The van der Waals surface area contributed by atoms with Crippen LogP contribution < -0.4 is 25.2 Å². The Kier molecular flexibility index (Phi) is 7.48. The second kappa shape index (κ2) is 11.8. The first kappa shape index (κ1) is 31.7. The molecule has 13 nitrogen and oxygen atoms in total. The summed E-state index contributed by atoms with van der Waals surface area (Å²) in [6, 6.07) is 10.00. The van der Waals surface area contributed by atoms with Crippen molar-refractivity contribution in [1.82, 2.24) is 24.7 Å². The zero-order valence-corrected chi connectivity index (χ0v) is 28.0. The Labute approximate surface area is 287 Å². The van der Waals surface area contributed by atoms with Crippen molar-refractivity contribution in [3.63, 3.8) is 0 Å². The largest absolute Gasteiger partial charge is 0.496 e. The summed E-state index contributed by atoms with van der Waals surface area (Å²) in [5.74, 6) is -0.760. The second-order valence-corrected chi connectivity index (χ2v) is 13.7. The number of nitrogens with one attached hydrogen (secondary N) is 1. The average molecular weight is 677 g/mol. The van der Waals surface area contributed by atoms with Crippen molar-refractivity contribution in [2.24, 2.45) is 12.5 Å². The van der Waals surface area contributed by atoms with E-state index in [4.69, 9.17) is 9.47 Å². The first-order chi connectivity index (χ1) is 24.1. The number of likely N-dealkylation sites (tertiary alicyclic amines) is 1. The van der Waals surface area contributed by atoms with E-state index in [0.29, 0.717) is 23.4 Å². The third-order valence-corrected chi connectivity index (χ3v) is 10.8. The van der Waals surface area contributed by atoms with Crippen molar-refractivity contribution in [3.05, 3.63) is 82.0 Å². The van der Waals surface area contributed by atoms with E-state index < -0.39 is 29.7 Å². The summed E-state index contributed by atoms with van der Waals surface area (Å²) in [7, 11) is 5.05. The molecule has 1 N–H and O–H groups in total. The summed E-state index contributed by atoms with van der Waals surface area (Å²) in [6.45, 7) is 4.14. The molecule has 0 radical (unpaired) electrons. The number of imide groups is 2. The molecule has 4 aliphatic heterocycles. The van der Waals surface area contributed by atoms with Crippen LogP contribution >= 0.6 is 0 Å². The molecule has 0 saturated carbocycles. The molecule has 0 aliphatic carbocycles. The van der Waals surface area contributed by atoms with Gasteiger partial charge in [-0.15, -0.1) is 0 Å². The highest BCUT2D eigenvalue weighted by atomic mass is 16.5. The quantitative estimate of drug-likeness (QED) is 0.291. The number of ether oxygens (including phenoxy) is 2. The van der Waals surface area contributed by atoms with E-state index >= 15 is 0 Å². The van der Waals surface area contributed by atoms with Gasteiger partial charge < -0.3 is 18.9 Å². The molecule has 4 aliphatic rings. The molecule has 1 spiro atoms. The lowest BCUT2D eigenvalue weighted by molar-refractivity contribution is -0.125. The molecule has 6 heterocycles. The number of rotatable bonds is 7. The van der Waals surface area contributed by atoms with E-state index in [1.165, 1.54) is 0 Å². The lowest BCUT2D eigenvalue weighted by atomic mass is 9.71. The Morgan fingerprint density at radius 3 is 2.24 bits per heavy atom. The predicted octanol–water partition coefficient (Wildman–Crippen LogP) is 2.73. The molecule has 13 heteroatoms. The first-order valence-corrected chi connectivity index (χ1v) is 16.6. The fraction of sp³-hybridized carbons (Fsp3) is 0.351. The van der Waals surface area contributed by atoms with Crippen LogP contribution in [-0.2, 0) is 23.2 Å². The molecule has 2 aromatic heterocycles. The van der Waals surface area contributed by atoms with E-state index in [0.717, 1.165) is 71.7 Å². The lowest BCUT2D eigenvalue weighted by Gasteiger charge is -2.55. The standard InChI is InChI=1S/C37H36N6O7/c1-40-17-27(23-6-9-38-16-26(23)34(40)46)21-12-30(49-2)28(31(13-21)50-3)18-41-10-7-37(8-11-41)19-42(20-37)22-4-5-24-25(14-22)36(48)43(35(24)47)29-15-32(44)39-33(29)45/h4-6,9,12-14,16-17,29H,7-8,10-11,15,18-20H2,1-3H3,(H,39,44,45)/t29-/m1/s1. The predicted molar refractivity (Wildman–Crippen MR) is 183 cm³/mol. The van der Waals surface area contributed by atoms with Crippen LogP contribution in [0.25, 0.3) is 21.9 Å². The van der Waals surface area contributed by atoms with Crippen molar-refractivity contribution < 1.29 is 28.7 Å². The SMILES string of the molecule is COc1cc(-c2cn(C)c(=O)c3cnccc23)cc(OC)c1CN1CCC2(CC1)CN(c1ccc3c(c1)C(=O)N([C@@H]1CC(=O)NC1=O)C3=O)C2. The third-order valence-electron chi connectivity index (χ3n) is 10.8. The number of aromatic nitrogens is 2. The molecule has 3 saturated heterocycles. The van der Waals surface area contributed by atoms with Gasteiger partial charge in [0.05, 0.1) is 42.7 Å². The minimum atomic E-state index is -1.10. The molecule has 1 atom stereocenters. The lowest BCUT2D eigenvalue weighted by Crippen LogP contribution is -2.60. The van der Waals surface area contributed by atoms with Gasteiger partial charge in [0.15, 0.2) is 0 Å². The number of amides is 4. The zero-order valence-electron chi connectivity index (χ0n) is 28.0. The fourth-order valence-electron chi connectivity index (χ4n) is 7.98. The van der Waals surface area contributed by atoms with Gasteiger partial charge in [-0.2, -0.15) is 0 Å². The van der Waals surface area contributed by atoms with Gasteiger partial charge in [0.25, 0.3) is 17.4 Å². The number of carbonyl (C=O) groups excluding carboxylic acids is 4. The summed E-state index contributed by atoms with van der Waals surface area (Å²) in [5, 5.41) is 3.54. The maximum Gasteiger partial charge on any atom is 0.262 e. The van der Waals surface area contributed by atoms with Crippen molar-refractivity contribution >= 4 is 40.1 Å². The number of pyridine rings is 2. The first-order valence-electron chi connectivity index (χ1n) is 16.6. The van der Waals surface area contributed by atoms with Crippen molar-refractivity contribution in [2.45, 2.75) is 31.8 Å². The van der Waals surface area contributed by atoms with Gasteiger partial charge in [-0.25, -0.2) is 0 Å². The number of piperidine rings is 1. The Balaban J connectivity index is 0.946. The number of nitrogens with zero attached hydrogens (tertiary/aromatic N) is 5. The van der Waals surface area contributed by atoms with Gasteiger partial charge in [-0.05, 0) is 73.3 Å². The monoisotopic (exact) mass is 676 g/mol. The molecule has 3 fully saturated rings. The Hall–Kier alpha value is -5.56. The highest BCUT2D eigenvalue weighted by molar-refractivity contribution is 6.24. The maximum atomic E-state index is 13.2. The van der Waals surface area contributed by atoms with Crippen LogP contribution in [-0.4, -0.2) is 89.4 Å². The molecule has 50 heavy (non-hydrogen) atoms. The van der Waals surface area contributed by atoms with Crippen LogP contribution in [0.15, 0.2) is 59.8 Å². The highest BCUT2D eigenvalue weighted by Gasteiger charge is 2.48. The number of benzene rings is 2. The summed E-state index contributed by atoms with van der Waals surface area (Å²) >= 11 is 0. The van der Waals surface area contributed by atoms with Crippen LogP contribution in [0.2, 0.25) is 0 Å². The van der Waals surface area contributed by atoms with E-state index in [9.17, 15) is 24.0 Å². The molecule has 0 unspecified atom stereocenters. The van der Waals surface area contributed by atoms with Crippen molar-refractivity contribution in [2.75, 3.05) is 45.3 Å². The van der Waals surface area contributed by atoms with Gasteiger partial charge in [-0.1, -0.05) is 0 Å². The number of fused-ring (bicyclic) bond motifs is 2. The Morgan fingerprint density at radius 1 is 0.880 bits per heavy atom. The van der Waals surface area contributed by atoms with Crippen LogP contribution in [0.4, 0.5) is 5.69 Å². The van der Waals surface area contributed by atoms with E-state index in [1.54, 1.807) is 50.4 Å². The fourth-order valence-corrected chi connectivity index (χ4v) is 7.98. The summed E-state index contributed by atoms with van der Waals surface area (Å²) in [4.78, 5) is 72.6. The van der Waals surface area contributed by atoms with Crippen molar-refractivity contribution in [3.8, 4) is 22.6 Å². The van der Waals surface area contributed by atoms with Gasteiger partial charge in [0.1, 0.15) is 17.5 Å². The topological polar surface area (TPSA) is 143 Å². The van der Waals surface area contributed by atoms with E-state index in [-0.39, 0.29) is 28.5 Å². The number of aryl methyl sites for hydroxylation is 1. The number of methoxy groups -OCH3 is 2. The molecule has 4 aromatic rings. The summed E-state index contributed by atoms with van der Waals surface area (Å²) in [5.41, 5.74) is 4.17. The maximum absolute atomic E-state index is 13.2. The number of hydrogen-bond acceptors (Lipinski definition) is 10. The molecular weight excluding hydrogens is 640 g/mol. The molecule has 2 aromatic carbocycles. The van der Waals surface area contributed by atoms with Crippen LogP contribution in [0.1, 0.15) is 45.5 Å². The zero-order chi connectivity index (χ0) is 34.9. The summed E-state index contributed by atoms with van der Waals surface area (Å²) in [6.07, 6.45) is 6.92. The van der Waals surface area contributed by atoms with Crippen LogP contribution in [0.5, 0.6) is 11.5 Å². The highest BCUT2D eigenvalue weighted by Crippen LogP contribution is 2.45. The number of hydrogen-bond donors (Lipinski definition) is 1. The number of carbonyl (C=O) groups is 4. The Bertz CT molecular complexity index is 2150. The van der Waals surface area contributed by atoms with Gasteiger partial charge in [0.2, 0.25) is 11.8 Å². The van der Waals surface area contributed by atoms with Gasteiger partial charge in [-0.3, -0.25) is 44.1 Å². The molecular formula is C37H36N6O7. The number of anilines is 1. The smallest absolute Gasteiger partial charge is 0.262 e. The van der Waals surface area contributed by atoms with Crippen LogP contribution in [0, 0.1) is 5.41 Å². The van der Waals surface area contributed by atoms with Gasteiger partial charge >= 0.3 is 0 Å².